The van der Waals surface area contributed by atoms with Crippen molar-refractivity contribution in [3.63, 3.8) is 0 Å². The lowest BCUT2D eigenvalue weighted by Gasteiger charge is -2.13. The highest BCUT2D eigenvalue weighted by molar-refractivity contribution is 5.30. The summed E-state index contributed by atoms with van der Waals surface area (Å²) in [6.45, 7) is 0. The Morgan fingerprint density at radius 1 is 1.12 bits per heavy atom. The van der Waals surface area contributed by atoms with Gasteiger partial charge < -0.3 is 10.8 Å². The van der Waals surface area contributed by atoms with Crippen molar-refractivity contribution in [1.82, 2.24) is 0 Å². The normalized spacial score (nSPS) is 12.4. The summed E-state index contributed by atoms with van der Waals surface area (Å²) in [6.07, 6.45) is 0.495. The third kappa shape index (κ3) is 2.82. The molecule has 0 amide bonds. The lowest BCUT2D eigenvalue weighted by Crippen LogP contribution is -2.14. The summed E-state index contributed by atoms with van der Waals surface area (Å²) in [5.74, 6) is -0.0941. The van der Waals surface area contributed by atoms with E-state index < -0.39 is 6.04 Å². The molecule has 0 radical (unpaired) electrons. The Labute approximate surface area is 99.5 Å². The highest BCUT2D eigenvalue weighted by atomic mass is 19.1. The van der Waals surface area contributed by atoms with Crippen molar-refractivity contribution >= 4 is 0 Å². The fourth-order valence-electron chi connectivity index (χ4n) is 1.82. The first-order chi connectivity index (χ1) is 8.16. The summed E-state index contributed by atoms with van der Waals surface area (Å²) in [7, 11) is 0. The van der Waals surface area contributed by atoms with Crippen LogP contribution in [0, 0.1) is 5.82 Å². The largest absolute Gasteiger partial charge is 0.508 e. The van der Waals surface area contributed by atoms with Gasteiger partial charge >= 0.3 is 0 Å². The summed E-state index contributed by atoms with van der Waals surface area (Å²) in [5, 5.41) is 9.34. The quantitative estimate of drug-likeness (QED) is 0.853. The van der Waals surface area contributed by atoms with Gasteiger partial charge in [-0.1, -0.05) is 30.3 Å². The van der Waals surface area contributed by atoms with E-state index in [-0.39, 0.29) is 11.6 Å². The van der Waals surface area contributed by atoms with Gasteiger partial charge in [0, 0.05) is 11.6 Å². The molecule has 2 aromatic rings. The first-order valence-electron chi connectivity index (χ1n) is 5.45. The number of aromatic hydroxyl groups is 1. The van der Waals surface area contributed by atoms with E-state index in [0.29, 0.717) is 12.0 Å². The Morgan fingerprint density at radius 3 is 2.59 bits per heavy atom. The third-order valence-corrected chi connectivity index (χ3v) is 2.67. The molecule has 3 N–H and O–H groups in total. The molecule has 0 spiro atoms. The molecule has 0 aromatic heterocycles. The maximum atomic E-state index is 13.5. The van der Waals surface area contributed by atoms with Crippen molar-refractivity contribution in [3.05, 3.63) is 65.5 Å². The van der Waals surface area contributed by atoms with Crippen molar-refractivity contribution in [1.29, 1.82) is 0 Å². The zero-order valence-corrected chi connectivity index (χ0v) is 9.31. The van der Waals surface area contributed by atoms with E-state index in [4.69, 9.17) is 5.73 Å². The molecule has 17 heavy (non-hydrogen) atoms. The summed E-state index contributed by atoms with van der Waals surface area (Å²) in [5.41, 5.74) is 7.34. The SMILES string of the molecule is NC(Cc1cccc(O)c1)c1ccccc1F. The predicted molar refractivity (Wildman–Crippen MR) is 65.1 cm³/mol. The standard InChI is InChI=1S/C14H14FNO/c15-13-7-2-1-6-12(13)14(16)9-10-4-3-5-11(17)8-10/h1-8,14,17H,9,16H2. The van der Waals surface area contributed by atoms with Gasteiger partial charge in [0.05, 0.1) is 0 Å². The lowest BCUT2D eigenvalue weighted by molar-refractivity contribution is 0.474. The van der Waals surface area contributed by atoms with E-state index in [1.165, 1.54) is 6.07 Å². The fraction of sp³-hybridized carbons (Fsp3) is 0.143. The summed E-state index contributed by atoms with van der Waals surface area (Å²) < 4.78 is 13.5. The molecule has 88 valence electrons. The number of halogens is 1. The van der Waals surface area contributed by atoms with Gasteiger partial charge in [0.2, 0.25) is 0 Å². The van der Waals surface area contributed by atoms with Gasteiger partial charge in [-0.15, -0.1) is 0 Å². The topological polar surface area (TPSA) is 46.2 Å². The molecule has 0 bridgehead atoms. The van der Waals surface area contributed by atoms with Crippen molar-refractivity contribution < 1.29 is 9.50 Å². The van der Waals surface area contributed by atoms with E-state index in [9.17, 15) is 9.50 Å². The van der Waals surface area contributed by atoms with Crippen LogP contribution in [0.2, 0.25) is 0 Å². The average Bonchev–Trinajstić information content (AvgIpc) is 2.29. The Morgan fingerprint density at radius 2 is 1.88 bits per heavy atom. The van der Waals surface area contributed by atoms with Crippen LogP contribution in [0.3, 0.4) is 0 Å². The maximum Gasteiger partial charge on any atom is 0.127 e. The highest BCUT2D eigenvalue weighted by Crippen LogP contribution is 2.20. The molecule has 0 aliphatic rings. The van der Waals surface area contributed by atoms with Crippen LogP contribution in [-0.4, -0.2) is 5.11 Å². The van der Waals surface area contributed by atoms with E-state index in [2.05, 4.69) is 0 Å². The molecular formula is C14H14FNO. The average molecular weight is 231 g/mol. The van der Waals surface area contributed by atoms with Crippen LogP contribution in [-0.2, 0) is 6.42 Å². The molecule has 2 nitrogen and oxygen atoms in total. The number of nitrogens with two attached hydrogens (primary N) is 1. The summed E-state index contributed by atoms with van der Waals surface area (Å²) >= 11 is 0. The smallest absolute Gasteiger partial charge is 0.127 e. The molecule has 0 aliphatic heterocycles. The van der Waals surface area contributed by atoms with Gasteiger partial charge in [-0.2, -0.15) is 0 Å². The summed E-state index contributed by atoms with van der Waals surface area (Å²) in [4.78, 5) is 0. The van der Waals surface area contributed by atoms with Gasteiger partial charge in [-0.05, 0) is 30.2 Å². The first kappa shape index (κ1) is 11.6. The second-order valence-electron chi connectivity index (χ2n) is 4.00. The molecule has 2 rings (SSSR count). The van der Waals surface area contributed by atoms with Crippen molar-refractivity contribution in [2.24, 2.45) is 5.73 Å². The van der Waals surface area contributed by atoms with Crippen LogP contribution in [0.1, 0.15) is 17.2 Å². The monoisotopic (exact) mass is 231 g/mol. The minimum Gasteiger partial charge on any atom is -0.508 e. The van der Waals surface area contributed by atoms with Crippen LogP contribution in [0.4, 0.5) is 4.39 Å². The van der Waals surface area contributed by atoms with Crippen LogP contribution >= 0.6 is 0 Å². The molecule has 3 heteroatoms. The van der Waals surface area contributed by atoms with Crippen LogP contribution < -0.4 is 5.73 Å². The highest BCUT2D eigenvalue weighted by Gasteiger charge is 2.11. The van der Waals surface area contributed by atoms with Gasteiger partial charge in [0.25, 0.3) is 0 Å². The van der Waals surface area contributed by atoms with Crippen LogP contribution in [0.15, 0.2) is 48.5 Å². The van der Waals surface area contributed by atoms with Gasteiger partial charge in [0.15, 0.2) is 0 Å². The van der Waals surface area contributed by atoms with Gasteiger partial charge in [-0.25, -0.2) is 4.39 Å². The Hall–Kier alpha value is -1.87. The zero-order chi connectivity index (χ0) is 12.3. The molecule has 1 unspecified atom stereocenters. The van der Waals surface area contributed by atoms with Crippen molar-refractivity contribution in [2.75, 3.05) is 0 Å². The summed E-state index contributed by atoms with van der Waals surface area (Å²) in [6, 6.07) is 12.9. The second-order valence-corrected chi connectivity index (χ2v) is 4.00. The molecule has 0 saturated heterocycles. The van der Waals surface area contributed by atoms with E-state index in [1.54, 1.807) is 36.4 Å². The minimum atomic E-state index is -0.405. The molecule has 0 heterocycles. The maximum absolute atomic E-state index is 13.5. The number of hydrogen-bond acceptors (Lipinski definition) is 2. The second kappa shape index (κ2) is 4.97. The Bertz CT molecular complexity index is 513. The molecule has 2 aromatic carbocycles. The first-order valence-corrected chi connectivity index (χ1v) is 5.45. The number of phenolic OH excluding ortho intramolecular Hbond substituents is 1. The Balaban J connectivity index is 2.17. The fourth-order valence-corrected chi connectivity index (χ4v) is 1.82. The molecule has 1 atom stereocenters. The minimum absolute atomic E-state index is 0.197. The van der Waals surface area contributed by atoms with E-state index in [0.717, 1.165) is 5.56 Å². The van der Waals surface area contributed by atoms with Crippen molar-refractivity contribution in [2.45, 2.75) is 12.5 Å². The molecule has 0 fully saturated rings. The third-order valence-electron chi connectivity index (χ3n) is 2.67. The number of rotatable bonds is 3. The number of benzene rings is 2. The predicted octanol–water partition coefficient (Wildman–Crippen LogP) is 2.77. The van der Waals surface area contributed by atoms with E-state index >= 15 is 0 Å². The number of hydrogen-bond donors (Lipinski definition) is 2. The molecular weight excluding hydrogens is 217 g/mol. The van der Waals surface area contributed by atoms with Crippen molar-refractivity contribution in [3.8, 4) is 5.75 Å². The van der Waals surface area contributed by atoms with Crippen LogP contribution in [0.5, 0.6) is 5.75 Å². The molecule has 0 saturated carbocycles. The lowest BCUT2D eigenvalue weighted by atomic mass is 9.99. The zero-order valence-electron chi connectivity index (χ0n) is 9.31. The van der Waals surface area contributed by atoms with E-state index in [1.807, 2.05) is 6.07 Å². The Kier molecular flexibility index (Phi) is 3.40. The molecule has 0 aliphatic carbocycles. The van der Waals surface area contributed by atoms with Crippen LogP contribution in [0.25, 0.3) is 0 Å². The van der Waals surface area contributed by atoms with Gasteiger partial charge in [0.1, 0.15) is 11.6 Å². The number of phenols is 1. The van der Waals surface area contributed by atoms with Gasteiger partial charge in [-0.3, -0.25) is 0 Å².